The molecule has 0 saturated carbocycles. The number of nitrogens with one attached hydrogen (secondary N) is 1. The lowest BCUT2D eigenvalue weighted by Crippen LogP contribution is -2.34. The maximum absolute atomic E-state index is 11.9. The van der Waals surface area contributed by atoms with E-state index in [0.29, 0.717) is 17.4 Å². The number of benzene rings is 1. The van der Waals surface area contributed by atoms with E-state index >= 15 is 0 Å². The van der Waals surface area contributed by atoms with Crippen LogP contribution < -0.4 is 15.8 Å². The van der Waals surface area contributed by atoms with Gasteiger partial charge in [0.1, 0.15) is 5.75 Å². The highest BCUT2D eigenvalue weighted by molar-refractivity contribution is 8.00. The van der Waals surface area contributed by atoms with E-state index in [1.807, 2.05) is 19.1 Å². The number of rotatable bonds is 8. The van der Waals surface area contributed by atoms with Crippen molar-refractivity contribution < 1.29 is 9.53 Å². The Hall–Kier alpha value is -1.36. The summed E-state index contributed by atoms with van der Waals surface area (Å²) in [6, 6.07) is 5.68. The van der Waals surface area contributed by atoms with Gasteiger partial charge in [0.05, 0.1) is 12.9 Å². The highest BCUT2D eigenvalue weighted by Crippen LogP contribution is 2.28. The second-order valence-electron chi connectivity index (χ2n) is 5.63. The quantitative estimate of drug-likeness (QED) is 0.571. The van der Waals surface area contributed by atoms with Gasteiger partial charge in [-0.2, -0.15) is 0 Å². The highest BCUT2D eigenvalue weighted by Gasteiger charge is 2.10. The zero-order valence-electron chi connectivity index (χ0n) is 13.3. The molecule has 0 aliphatic carbocycles. The second-order valence-corrected chi connectivity index (χ2v) is 6.65. The lowest BCUT2D eigenvalue weighted by atomic mass is 10.0. The Balaban J connectivity index is 2.42. The molecule has 1 amide bonds. The van der Waals surface area contributed by atoms with Crippen LogP contribution in [0.1, 0.15) is 33.6 Å². The molecule has 0 aliphatic rings. The number of anilines is 1. The van der Waals surface area contributed by atoms with Gasteiger partial charge in [-0.05, 0) is 43.9 Å². The molecule has 21 heavy (non-hydrogen) atoms. The van der Waals surface area contributed by atoms with Crippen LogP contribution in [-0.2, 0) is 4.79 Å². The van der Waals surface area contributed by atoms with E-state index in [0.717, 1.165) is 23.5 Å². The largest absolute Gasteiger partial charge is 0.497 e. The summed E-state index contributed by atoms with van der Waals surface area (Å²) in [5.41, 5.74) is 6.57. The fourth-order valence-electron chi connectivity index (χ4n) is 1.88. The van der Waals surface area contributed by atoms with Crippen molar-refractivity contribution in [3.05, 3.63) is 18.2 Å². The number of nitrogens with two attached hydrogens (primary N) is 1. The van der Waals surface area contributed by atoms with Crippen molar-refractivity contribution in [3.63, 3.8) is 0 Å². The average Bonchev–Trinajstić information content (AvgIpc) is 2.44. The number of nitrogen functional groups attached to an aromatic ring is 1. The van der Waals surface area contributed by atoms with E-state index in [-0.39, 0.29) is 11.9 Å². The van der Waals surface area contributed by atoms with Crippen LogP contribution in [-0.4, -0.2) is 24.8 Å². The second kappa shape index (κ2) is 8.82. The summed E-state index contributed by atoms with van der Waals surface area (Å²) in [6.07, 6.45) is 2.13. The van der Waals surface area contributed by atoms with Gasteiger partial charge >= 0.3 is 0 Å². The summed E-state index contributed by atoms with van der Waals surface area (Å²) in [6.45, 7) is 6.43. The van der Waals surface area contributed by atoms with Crippen LogP contribution in [0.3, 0.4) is 0 Å². The SMILES string of the molecule is COc1ccc(N)c(SCC(=O)NC(C)CCC(C)C)c1. The van der Waals surface area contributed by atoms with E-state index in [4.69, 9.17) is 10.5 Å². The summed E-state index contributed by atoms with van der Waals surface area (Å²) >= 11 is 1.43. The number of amides is 1. The Morgan fingerprint density at radius 2 is 2.05 bits per heavy atom. The molecule has 1 atom stereocenters. The minimum Gasteiger partial charge on any atom is -0.497 e. The van der Waals surface area contributed by atoms with E-state index in [1.54, 1.807) is 13.2 Å². The van der Waals surface area contributed by atoms with Crippen LogP contribution in [0.5, 0.6) is 5.75 Å². The first-order chi connectivity index (χ1) is 9.92. The molecule has 118 valence electrons. The third kappa shape index (κ3) is 6.76. The minimum absolute atomic E-state index is 0.0403. The highest BCUT2D eigenvalue weighted by atomic mass is 32.2. The van der Waals surface area contributed by atoms with Crippen LogP contribution in [0, 0.1) is 5.92 Å². The summed E-state index contributed by atoms with van der Waals surface area (Å²) < 4.78 is 5.17. The van der Waals surface area contributed by atoms with Crippen molar-refractivity contribution in [2.45, 2.75) is 44.6 Å². The molecule has 1 aromatic rings. The van der Waals surface area contributed by atoms with Crippen LogP contribution in [0.15, 0.2) is 23.1 Å². The first-order valence-corrected chi connectivity index (χ1v) is 8.26. The number of methoxy groups -OCH3 is 1. The minimum atomic E-state index is 0.0403. The van der Waals surface area contributed by atoms with Crippen LogP contribution >= 0.6 is 11.8 Å². The number of hydrogen-bond acceptors (Lipinski definition) is 4. The molecule has 1 aromatic carbocycles. The molecule has 0 radical (unpaired) electrons. The molecule has 4 nitrogen and oxygen atoms in total. The van der Waals surface area contributed by atoms with Crippen LogP contribution in [0.25, 0.3) is 0 Å². The van der Waals surface area contributed by atoms with Gasteiger partial charge in [0.2, 0.25) is 5.91 Å². The Labute approximate surface area is 131 Å². The van der Waals surface area contributed by atoms with Gasteiger partial charge in [0, 0.05) is 16.6 Å². The van der Waals surface area contributed by atoms with Crippen molar-refractivity contribution >= 4 is 23.4 Å². The van der Waals surface area contributed by atoms with E-state index in [1.165, 1.54) is 11.8 Å². The predicted molar refractivity (Wildman–Crippen MR) is 89.8 cm³/mol. The van der Waals surface area contributed by atoms with Gasteiger partial charge in [0.15, 0.2) is 0 Å². The average molecular weight is 310 g/mol. The molecule has 0 spiro atoms. The lowest BCUT2D eigenvalue weighted by molar-refractivity contribution is -0.119. The molecule has 3 N–H and O–H groups in total. The molecular formula is C16H26N2O2S. The normalized spacial score (nSPS) is 12.2. The summed E-state index contributed by atoms with van der Waals surface area (Å²) in [5, 5.41) is 3.02. The molecule has 0 bridgehead atoms. The van der Waals surface area contributed by atoms with Crippen molar-refractivity contribution in [2.75, 3.05) is 18.6 Å². The van der Waals surface area contributed by atoms with E-state index in [9.17, 15) is 4.79 Å². The van der Waals surface area contributed by atoms with Crippen LogP contribution in [0.2, 0.25) is 0 Å². The van der Waals surface area contributed by atoms with Crippen LogP contribution in [0.4, 0.5) is 5.69 Å². The fraction of sp³-hybridized carbons (Fsp3) is 0.562. The smallest absolute Gasteiger partial charge is 0.230 e. The molecule has 0 aromatic heterocycles. The molecule has 5 heteroatoms. The van der Waals surface area contributed by atoms with Gasteiger partial charge in [0.25, 0.3) is 0 Å². The number of ether oxygens (including phenoxy) is 1. The Bertz CT molecular complexity index is 464. The van der Waals surface area contributed by atoms with Crippen molar-refractivity contribution in [3.8, 4) is 5.75 Å². The van der Waals surface area contributed by atoms with Gasteiger partial charge in [-0.25, -0.2) is 0 Å². The molecule has 0 heterocycles. The Morgan fingerprint density at radius 3 is 2.67 bits per heavy atom. The first-order valence-electron chi connectivity index (χ1n) is 7.28. The third-order valence-electron chi connectivity index (χ3n) is 3.16. The van der Waals surface area contributed by atoms with Crippen molar-refractivity contribution in [1.82, 2.24) is 5.32 Å². The molecule has 1 rings (SSSR count). The maximum Gasteiger partial charge on any atom is 0.230 e. The standard InChI is InChI=1S/C16H26N2O2S/c1-11(2)5-6-12(3)18-16(19)10-21-15-9-13(20-4)7-8-14(15)17/h7-9,11-12H,5-6,10,17H2,1-4H3,(H,18,19). The number of carbonyl (C=O) groups excluding carboxylic acids is 1. The Morgan fingerprint density at radius 1 is 1.33 bits per heavy atom. The summed E-state index contributed by atoms with van der Waals surface area (Å²) in [5.74, 6) is 1.81. The van der Waals surface area contributed by atoms with Gasteiger partial charge in [-0.15, -0.1) is 11.8 Å². The lowest BCUT2D eigenvalue weighted by Gasteiger charge is -2.15. The fourth-order valence-corrected chi connectivity index (χ4v) is 2.69. The topological polar surface area (TPSA) is 64.3 Å². The molecule has 1 unspecified atom stereocenters. The monoisotopic (exact) mass is 310 g/mol. The van der Waals surface area contributed by atoms with Gasteiger partial charge in [-0.3, -0.25) is 4.79 Å². The maximum atomic E-state index is 11.9. The molecular weight excluding hydrogens is 284 g/mol. The zero-order chi connectivity index (χ0) is 15.8. The zero-order valence-corrected chi connectivity index (χ0v) is 14.1. The van der Waals surface area contributed by atoms with E-state index in [2.05, 4.69) is 19.2 Å². The molecule has 0 saturated heterocycles. The van der Waals surface area contributed by atoms with Gasteiger partial charge in [-0.1, -0.05) is 13.8 Å². The van der Waals surface area contributed by atoms with Crippen molar-refractivity contribution in [1.29, 1.82) is 0 Å². The van der Waals surface area contributed by atoms with Gasteiger partial charge < -0.3 is 15.8 Å². The summed E-state index contributed by atoms with van der Waals surface area (Å²) in [4.78, 5) is 12.8. The number of thioether (sulfide) groups is 1. The molecule has 0 fully saturated rings. The molecule has 0 aliphatic heterocycles. The Kier molecular flexibility index (Phi) is 7.43. The summed E-state index contributed by atoms with van der Waals surface area (Å²) in [7, 11) is 1.61. The predicted octanol–water partition coefficient (Wildman–Crippen LogP) is 3.31. The third-order valence-corrected chi connectivity index (χ3v) is 4.23. The van der Waals surface area contributed by atoms with E-state index < -0.39 is 0 Å². The first kappa shape index (κ1) is 17.7. The number of carbonyl (C=O) groups is 1. The number of hydrogen-bond donors (Lipinski definition) is 2. The van der Waals surface area contributed by atoms with Crippen molar-refractivity contribution in [2.24, 2.45) is 5.92 Å².